The number of carbonyl (C=O) groups is 1. The van der Waals surface area contributed by atoms with Crippen molar-refractivity contribution in [1.82, 2.24) is 0 Å². The van der Waals surface area contributed by atoms with Crippen molar-refractivity contribution in [2.75, 3.05) is 4.72 Å². The Morgan fingerprint density at radius 1 is 1.15 bits per heavy atom. The maximum absolute atomic E-state index is 12.7. The zero-order valence-corrected chi connectivity index (χ0v) is 14.9. The lowest BCUT2D eigenvalue weighted by atomic mass is 10.1. The highest BCUT2D eigenvalue weighted by Crippen LogP contribution is 2.30. The molecule has 0 spiro atoms. The van der Waals surface area contributed by atoms with E-state index in [9.17, 15) is 23.1 Å². The van der Waals surface area contributed by atoms with Crippen LogP contribution in [0.25, 0.3) is 11.0 Å². The molecule has 3 rings (SSSR count). The average Bonchev–Trinajstić information content (AvgIpc) is 2.57. The molecular weight excluding hydrogens is 382 g/mol. The van der Waals surface area contributed by atoms with E-state index in [0.29, 0.717) is 10.9 Å². The summed E-state index contributed by atoms with van der Waals surface area (Å²) in [5.74, 6) is -1.35. The first-order chi connectivity index (χ1) is 12.2. The lowest BCUT2D eigenvalue weighted by Gasteiger charge is -2.14. The second-order valence-electron chi connectivity index (χ2n) is 5.48. The minimum Gasteiger partial charge on any atom is -0.478 e. The summed E-state index contributed by atoms with van der Waals surface area (Å²) >= 11 is 5.91. The summed E-state index contributed by atoms with van der Waals surface area (Å²) < 4.78 is 32.7. The van der Waals surface area contributed by atoms with Crippen molar-refractivity contribution in [3.8, 4) is 0 Å². The number of aromatic carboxylic acids is 1. The molecule has 0 aliphatic heterocycles. The van der Waals surface area contributed by atoms with Crippen LogP contribution < -0.4 is 10.3 Å². The van der Waals surface area contributed by atoms with E-state index < -0.39 is 21.6 Å². The van der Waals surface area contributed by atoms with Crippen molar-refractivity contribution in [2.24, 2.45) is 0 Å². The molecule has 9 heteroatoms. The molecule has 2 N–H and O–H groups in total. The molecule has 0 aliphatic rings. The fourth-order valence-electron chi connectivity index (χ4n) is 2.43. The molecule has 0 atom stereocenters. The van der Waals surface area contributed by atoms with Gasteiger partial charge in [0.05, 0.1) is 15.6 Å². The Hall–Kier alpha value is -2.84. The van der Waals surface area contributed by atoms with Gasteiger partial charge in [-0.15, -0.1) is 0 Å². The topological polar surface area (TPSA) is 114 Å². The quantitative estimate of drug-likeness (QED) is 0.657. The summed E-state index contributed by atoms with van der Waals surface area (Å²) in [5, 5.41) is 9.67. The third kappa shape index (κ3) is 3.29. The van der Waals surface area contributed by atoms with Crippen LogP contribution in [0.5, 0.6) is 0 Å². The van der Waals surface area contributed by atoms with E-state index in [1.54, 1.807) is 6.92 Å². The smallest absolute Gasteiger partial charge is 0.339 e. The van der Waals surface area contributed by atoms with Crippen molar-refractivity contribution in [2.45, 2.75) is 11.8 Å². The maximum Gasteiger partial charge on any atom is 0.339 e. The first-order valence-corrected chi connectivity index (χ1v) is 9.14. The van der Waals surface area contributed by atoms with Crippen LogP contribution in [0.2, 0.25) is 5.02 Å². The molecule has 0 radical (unpaired) electrons. The van der Waals surface area contributed by atoms with Gasteiger partial charge >= 0.3 is 11.6 Å². The van der Waals surface area contributed by atoms with E-state index in [4.69, 9.17) is 16.0 Å². The lowest BCUT2D eigenvalue weighted by Crippen LogP contribution is -2.17. The van der Waals surface area contributed by atoms with Crippen LogP contribution in [0.3, 0.4) is 0 Å². The number of aryl methyl sites for hydroxylation is 1. The first-order valence-electron chi connectivity index (χ1n) is 7.28. The van der Waals surface area contributed by atoms with Gasteiger partial charge in [0.2, 0.25) is 0 Å². The molecule has 1 aromatic heterocycles. The van der Waals surface area contributed by atoms with E-state index in [0.717, 1.165) is 0 Å². The Morgan fingerprint density at radius 2 is 1.88 bits per heavy atom. The molecule has 0 amide bonds. The minimum absolute atomic E-state index is 0.0823. The molecule has 0 fully saturated rings. The maximum atomic E-state index is 12.7. The average molecular weight is 394 g/mol. The van der Waals surface area contributed by atoms with Crippen molar-refractivity contribution in [3.63, 3.8) is 0 Å². The van der Waals surface area contributed by atoms with Crippen molar-refractivity contribution in [1.29, 1.82) is 0 Å². The van der Waals surface area contributed by atoms with Gasteiger partial charge < -0.3 is 9.52 Å². The number of sulfonamides is 1. The molecule has 0 bridgehead atoms. The number of fused-ring (bicyclic) bond motifs is 1. The molecule has 1 heterocycles. The van der Waals surface area contributed by atoms with Gasteiger partial charge in [-0.3, -0.25) is 4.72 Å². The largest absolute Gasteiger partial charge is 0.478 e. The molecule has 134 valence electrons. The third-order valence-corrected chi connectivity index (χ3v) is 5.38. The highest BCUT2D eigenvalue weighted by atomic mass is 35.5. The molecule has 0 saturated heterocycles. The predicted octanol–water partition coefficient (Wildman–Crippen LogP) is 3.25. The Balaban J connectivity index is 2.11. The number of hydrogen-bond acceptors (Lipinski definition) is 5. The summed E-state index contributed by atoms with van der Waals surface area (Å²) in [5.41, 5.74) is -0.345. The molecule has 26 heavy (non-hydrogen) atoms. The Kier molecular flexibility index (Phi) is 4.47. The van der Waals surface area contributed by atoms with Gasteiger partial charge in [-0.1, -0.05) is 17.7 Å². The summed E-state index contributed by atoms with van der Waals surface area (Å²) in [6, 6.07) is 9.45. The Labute approximate surface area is 152 Å². The summed E-state index contributed by atoms with van der Waals surface area (Å²) in [4.78, 5) is 22.6. The number of carboxylic acid groups (broad SMARTS) is 1. The van der Waals surface area contributed by atoms with E-state index in [-0.39, 0.29) is 26.8 Å². The number of carboxylic acids is 1. The van der Waals surface area contributed by atoms with Crippen LogP contribution in [0, 0.1) is 6.92 Å². The van der Waals surface area contributed by atoms with E-state index >= 15 is 0 Å². The van der Waals surface area contributed by atoms with E-state index in [1.165, 1.54) is 42.5 Å². The first kappa shape index (κ1) is 18.0. The molecule has 3 aromatic rings. The number of hydrogen-bond donors (Lipinski definition) is 2. The van der Waals surface area contributed by atoms with Gasteiger partial charge in [0.25, 0.3) is 10.0 Å². The minimum atomic E-state index is -4.10. The number of nitrogens with one attached hydrogen (secondary N) is 1. The fourth-order valence-corrected chi connectivity index (χ4v) is 3.85. The molecule has 7 nitrogen and oxygen atoms in total. The zero-order chi connectivity index (χ0) is 19.1. The van der Waals surface area contributed by atoms with E-state index in [1.807, 2.05) is 0 Å². The van der Waals surface area contributed by atoms with Crippen LogP contribution in [0.1, 0.15) is 15.9 Å². The standard InChI is InChI=1S/C17H12ClNO6S/c1-9-2-5-12(18)15(17(21)22)16(9)19-26(23,24)11-4-6-13-10(8-11)3-7-14(20)25-13/h2-8,19H,1H3,(H,21,22). The van der Waals surface area contributed by atoms with Gasteiger partial charge in [0, 0.05) is 11.5 Å². The predicted molar refractivity (Wildman–Crippen MR) is 96.4 cm³/mol. The number of rotatable bonds is 4. The third-order valence-electron chi connectivity index (χ3n) is 3.71. The molecule has 0 unspecified atom stereocenters. The fraction of sp³-hybridized carbons (Fsp3) is 0.0588. The molecule has 2 aromatic carbocycles. The highest BCUT2D eigenvalue weighted by Gasteiger charge is 2.23. The number of anilines is 1. The van der Waals surface area contributed by atoms with Crippen LogP contribution in [0.4, 0.5) is 5.69 Å². The van der Waals surface area contributed by atoms with Crippen molar-refractivity contribution < 1.29 is 22.7 Å². The van der Waals surface area contributed by atoms with Gasteiger partial charge in [-0.05, 0) is 42.8 Å². The van der Waals surface area contributed by atoms with Crippen molar-refractivity contribution >= 4 is 44.3 Å². The summed E-state index contributed by atoms with van der Waals surface area (Å²) in [6.45, 7) is 1.57. The number of benzene rings is 2. The normalized spacial score (nSPS) is 11.5. The Morgan fingerprint density at radius 3 is 2.58 bits per heavy atom. The van der Waals surface area contributed by atoms with Gasteiger partial charge in [0.1, 0.15) is 11.1 Å². The van der Waals surface area contributed by atoms with Crippen molar-refractivity contribution in [3.05, 3.63) is 69.0 Å². The lowest BCUT2D eigenvalue weighted by molar-refractivity contribution is 0.0698. The molecule has 0 saturated carbocycles. The summed E-state index contributed by atoms with van der Waals surface area (Å²) in [7, 11) is -4.10. The SMILES string of the molecule is Cc1ccc(Cl)c(C(=O)O)c1NS(=O)(=O)c1ccc2oc(=O)ccc2c1. The van der Waals surface area contributed by atoms with Gasteiger partial charge in [-0.2, -0.15) is 0 Å². The molecule has 0 aliphatic carbocycles. The van der Waals surface area contributed by atoms with Crippen LogP contribution >= 0.6 is 11.6 Å². The van der Waals surface area contributed by atoms with Crippen LogP contribution in [-0.4, -0.2) is 19.5 Å². The van der Waals surface area contributed by atoms with Gasteiger partial charge in [-0.25, -0.2) is 18.0 Å². The number of halogens is 1. The zero-order valence-electron chi connectivity index (χ0n) is 13.3. The Bertz CT molecular complexity index is 1200. The van der Waals surface area contributed by atoms with Crippen LogP contribution in [-0.2, 0) is 10.0 Å². The second-order valence-corrected chi connectivity index (χ2v) is 7.57. The van der Waals surface area contributed by atoms with E-state index in [2.05, 4.69) is 4.72 Å². The second kappa shape index (κ2) is 6.47. The van der Waals surface area contributed by atoms with Crippen LogP contribution in [0.15, 0.2) is 56.6 Å². The summed E-state index contributed by atoms with van der Waals surface area (Å²) in [6.07, 6.45) is 0. The monoisotopic (exact) mass is 393 g/mol. The van der Waals surface area contributed by atoms with Gasteiger partial charge in [0.15, 0.2) is 0 Å². The molecular formula is C17H12ClNO6S. The highest BCUT2D eigenvalue weighted by molar-refractivity contribution is 7.92.